The van der Waals surface area contributed by atoms with Crippen LogP contribution in [0.2, 0.25) is 0 Å². The summed E-state index contributed by atoms with van der Waals surface area (Å²) in [4.78, 5) is 20.6. The number of hydrogen-bond donors (Lipinski definition) is 1. The van der Waals surface area contributed by atoms with Gasteiger partial charge in [-0.15, -0.1) is 0 Å². The fraction of sp³-hybridized carbons (Fsp3) is 0.333. The molecule has 3 aromatic rings. The Morgan fingerprint density at radius 3 is 2.69 bits per heavy atom. The van der Waals surface area contributed by atoms with E-state index in [4.69, 9.17) is 14.0 Å². The maximum Gasteiger partial charge on any atom is 0.251 e. The quantitative estimate of drug-likeness (QED) is 0.706. The third-order valence-electron chi connectivity index (χ3n) is 5.16. The molecule has 0 radical (unpaired) electrons. The average molecular weight is 392 g/mol. The molecule has 1 fully saturated rings. The molecule has 8 nitrogen and oxygen atoms in total. The van der Waals surface area contributed by atoms with Crippen molar-refractivity contribution in [2.75, 3.05) is 5.32 Å². The molecule has 29 heavy (non-hydrogen) atoms. The van der Waals surface area contributed by atoms with Crippen LogP contribution >= 0.6 is 0 Å². The van der Waals surface area contributed by atoms with E-state index in [0.717, 1.165) is 37.0 Å². The van der Waals surface area contributed by atoms with Crippen molar-refractivity contribution in [2.45, 2.75) is 44.3 Å². The van der Waals surface area contributed by atoms with Gasteiger partial charge in [0, 0.05) is 55.4 Å². The number of carbonyl (C=O) groups is 1. The molecule has 0 unspecified atom stereocenters. The van der Waals surface area contributed by atoms with E-state index in [1.807, 2.05) is 18.2 Å². The van der Waals surface area contributed by atoms with Crippen LogP contribution in [-0.4, -0.2) is 26.8 Å². The first-order chi connectivity index (χ1) is 14.2. The Morgan fingerprint density at radius 2 is 1.86 bits per heavy atom. The van der Waals surface area contributed by atoms with Crippen molar-refractivity contribution < 1.29 is 18.8 Å². The minimum atomic E-state index is -0.505. The van der Waals surface area contributed by atoms with Gasteiger partial charge in [0.1, 0.15) is 0 Å². The topological polar surface area (TPSA) is 99.4 Å². The molecule has 3 heterocycles. The molecular formula is C21H20N4O4. The Balaban J connectivity index is 1.18. The Labute approximate surface area is 167 Å². The van der Waals surface area contributed by atoms with Crippen molar-refractivity contribution in [3.05, 3.63) is 48.6 Å². The first-order valence-electron chi connectivity index (χ1n) is 9.74. The van der Waals surface area contributed by atoms with Gasteiger partial charge in [-0.2, -0.15) is 4.98 Å². The number of anilines is 1. The lowest BCUT2D eigenvalue weighted by molar-refractivity contribution is -0.116. The molecule has 5 rings (SSSR count). The Bertz CT molecular complexity index is 1030. The van der Waals surface area contributed by atoms with E-state index in [2.05, 4.69) is 20.4 Å². The van der Waals surface area contributed by atoms with Crippen LogP contribution in [0.1, 0.15) is 38.0 Å². The first kappa shape index (κ1) is 17.7. The first-order valence-corrected chi connectivity index (χ1v) is 9.74. The number of rotatable bonds is 5. The summed E-state index contributed by atoms with van der Waals surface area (Å²) in [6.45, 7) is 0. The number of ether oxygens (including phenoxy) is 2. The number of hydrogen-bond acceptors (Lipinski definition) is 7. The highest BCUT2D eigenvalue weighted by Crippen LogP contribution is 2.47. The van der Waals surface area contributed by atoms with E-state index in [-0.39, 0.29) is 12.3 Å². The monoisotopic (exact) mass is 392 g/mol. The number of aryl methyl sites for hydroxylation is 1. The zero-order valence-corrected chi connectivity index (χ0v) is 15.8. The second-order valence-electron chi connectivity index (χ2n) is 7.28. The van der Waals surface area contributed by atoms with E-state index in [1.165, 1.54) is 0 Å². The second kappa shape index (κ2) is 7.20. The van der Waals surface area contributed by atoms with Crippen LogP contribution in [0.4, 0.5) is 5.69 Å². The summed E-state index contributed by atoms with van der Waals surface area (Å²) in [6.07, 6.45) is 7.93. The van der Waals surface area contributed by atoms with Gasteiger partial charge in [-0.1, -0.05) is 5.16 Å². The van der Waals surface area contributed by atoms with Crippen LogP contribution in [0.5, 0.6) is 11.5 Å². The molecule has 148 valence electrons. The van der Waals surface area contributed by atoms with Crippen LogP contribution in [0.15, 0.2) is 47.2 Å². The molecule has 1 saturated carbocycles. The van der Waals surface area contributed by atoms with E-state index >= 15 is 0 Å². The van der Waals surface area contributed by atoms with Crippen LogP contribution in [0.25, 0.3) is 11.4 Å². The fourth-order valence-corrected chi connectivity index (χ4v) is 3.71. The SMILES string of the molecule is O=C(CCc1nc(-c2ccncc2)no1)Nc1ccc2c(c1)OC1(CCCC1)O2. The average Bonchev–Trinajstić information content (AvgIpc) is 3.47. The highest BCUT2D eigenvalue weighted by atomic mass is 16.7. The number of aromatic nitrogens is 3. The summed E-state index contributed by atoms with van der Waals surface area (Å²) < 4.78 is 17.3. The van der Waals surface area contributed by atoms with Gasteiger partial charge < -0.3 is 19.3 Å². The van der Waals surface area contributed by atoms with Crippen molar-refractivity contribution >= 4 is 11.6 Å². The zero-order valence-electron chi connectivity index (χ0n) is 15.8. The van der Waals surface area contributed by atoms with Crippen molar-refractivity contribution in [1.29, 1.82) is 0 Å². The molecule has 2 aromatic heterocycles. The summed E-state index contributed by atoms with van der Waals surface area (Å²) in [5.74, 6) is 1.68. The summed E-state index contributed by atoms with van der Waals surface area (Å²) >= 11 is 0. The molecule has 0 atom stereocenters. The highest BCUT2D eigenvalue weighted by Gasteiger charge is 2.44. The number of pyridine rings is 1. The van der Waals surface area contributed by atoms with Gasteiger partial charge >= 0.3 is 0 Å². The zero-order chi connectivity index (χ0) is 19.7. The standard InChI is InChI=1S/C21H20N4O4/c26-18(5-6-19-24-20(25-29-19)14-7-11-22-12-8-14)23-15-3-4-16-17(13-15)28-21(27-16)9-1-2-10-21/h3-4,7-8,11-13H,1-2,5-6,9-10H2,(H,23,26). The maximum absolute atomic E-state index is 12.3. The number of carbonyl (C=O) groups excluding carboxylic acids is 1. The van der Waals surface area contributed by atoms with Gasteiger partial charge in [-0.05, 0) is 37.1 Å². The smallest absolute Gasteiger partial charge is 0.251 e. The van der Waals surface area contributed by atoms with Crippen molar-refractivity contribution in [2.24, 2.45) is 0 Å². The third kappa shape index (κ3) is 3.65. The van der Waals surface area contributed by atoms with Gasteiger partial charge in [0.05, 0.1) is 0 Å². The largest absolute Gasteiger partial charge is 0.448 e. The third-order valence-corrected chi connectivity index (χ3v) is 5.16. The Hall–Kier alpha value is -3.42. The van der Waals surface area contributed by atoms with Crippen molar-refractivity contribution in [1.82, 2.24) is 15.1 Å². The van der Waals surface area contributed by atoms with Crippen LogP contribution in [0.3, 0.4) is 0 Å². The summed E-state index contributed by atoms with van der Waals surface area (Å²) in [5.41, 5.74) is 1.50. The highest BCUT2D eigenvalue weighted by molar-refractivity contribution is 5.91. The van der Waals surface area contributed by atoms with Crippen LogP contribution in [0, 0.1) is 0 Å². The Kier molecular flexibility index (Phi) is 4.38. The summed E-state index contributed by atoms with van der Waals surface area (Å²) in [6, 6.07) is 9.08. The van der Waals surface area contributed by atoms with Gasteiger partial charge in [-0.25, -0.2) is 0 Å². The molecule has 1 spiro atoms. The van der Waals surface area contributed by atoms with Gasteiger partial charge in [0.2, 0.25) is 17.6 Å². The van der Waals surface area contributed by atoms with Gasteiger partial charge in [0.15, 0.2) is 11.5 Å². The predicted octanol–water partition coefficient (Wildman–Crippen LogP) is 3.74. The molecule has 1 aromatic carbocycles. The lowest BCUT2D eigenvalue weighted by atomic mass is 10.2. The molecule has 1 aliphatic heterocycles. The number of amides is 1. The van der Waals surface area contributed by atoms with Gasteiger partial charge in [0.25, 0.3) is 5.79 Å². The lowest BCUT2D eigenvalue weighted by Crippen LogP contribution is -2.34. The van der Waals surface area contributed by atoms with Crippen LogP contribution in [-0.2, 0) is 11.2 Å². The number of fused-ring (bicyclic) bond motifs is 1. The van der Waals surface area contributed by atoms with E-state index < -0.39 is 5.79 Å². The van der Waals surface area contributed by atoms with E-state index in [0.29, 0.717) is 29.6 Å². The second-order valence-corrected chi connectivity index (χ2v) is 7.28. The molecule has 8 heteroatoms. The summed E-state index contributed by atoms with van der Waals surface area (Å²) in [5, 5.41) is 6.83. The Morgan fingerprint density at radius 1 is 1.07 bits per heavy atom. The normalized spacial score (nSPS) is 16.3. The molecule has 2 aliphatic rings. The number of nitrogens with zero attached hydrogens (tertiary/aromatic N) is 3. The molecule has 1 amide bonds. The van der Waals surface area contributed by atoms with Gasteiger partial charge in [-0.3, -0.25) is 9.78 Å². The fourth-order valence-electron chi connectivity index (χ4n) is 3.71. The summed E-state index contributed by atoms with van der Waals surface area (Å²) in [7, 11) is 0. The van der Waals surface area contributed by atoms with Crippen molar-refractivity contribution in [3.8, 4) is 22.9 Å². The molecule has 0 saturated heterocycles. The van der Waals surface area contributed by atoms with Crippen LogP contribution < -0.4 is 14.8 Å². The van der Waals surface area contributed by atoms with Crippen molar-refractivity contribution in [3.63, 3.8) is 0 Å². The molecule has 1 aliphatic carbocycles. The molecular weight excluding hydrogens is 372 g/mol. The lowest BCUT2D eigenvalue weighted by Gasteiger charge is -2.21. The molecule has 0 bridgehead atoms. The number of nitrogens with one attached hydrogen (secondary N) is 1. The molecule has 1 N–H and O–H groups in total. The number of benzene rings is 1. The minimum Gasteiger partial charge on any atom is -0.448 e. The minimum absolute atomic E-state index is 0.136. The predicted molar refractivity (Wildman–Crippen MR) is 103 cm³/mol. The maximum atomic E-state index is 12.3. The van der Waals surface area contributed by atoms with E-state index in [9.17, 15) is 4.79 Å². The van der Waals surface area contributed by atoms with E-state index in [1.54, 1.807) is 24.5 Å².